The van der Waals surface area contributed by atoms with Crippen LogP contribution in [0.5, 0.6) is 5.75 Å². The molecule has 124 valence electrons. The molecule has 3 aromatic rings. The molecule has 1 N–H and O–H groups in total. The van der Waals surface area contributed by atoms with Gasteiger partial charge in [-0.2, -0.15) is 0 Å². The molecule has 0 aliphatic rings. The normalized spacial score (nSPS) is 10.8. The van der Waals surface area contributed by atoms with Gasteiger partial charge in [-0.05, 0) is 37.3 Å². The van der Waals surface area contributed by atoms with E-state index in [1.165, 1.54) is 11.3 Å². The average Bonchev–Trinajstić information content (AvgIpc) is 2.93. The summed E-state index contributed by atoms with van der Waals surface area (Å²) in [6.07, 6.45) is 0. The van der Waals surface area contributed by atoms with Gasteiger partial charge in [0.25, 0.3) is 5.91 Å². The van der Waals surface area contributed by atoms with Crippen molar-refractivity contribution < 1.29 is 22.7 Å². The van der Waals surface area contributed by atoms with Crippen LogP contribution in [0.3, 0.4) is 0 Å². The summed E-state index contributed by atoms with van der Waals surface area (Å²) < 4.78 is 45.5. The van der Waals surface area contributed by atoms with Crippen molar-refractivity contribution in [2.24, 2.45) is 0 Å². The van der Waals surface area contributed by atoms with E-state index in [2.05, 4.69) is 10.3 Å². The standard InChI is InChI=1S/C16H11F3N2O2S/c1-2-23-9-3-4-12-13(7-9)24-16(20-12)21-15(22)8-5-10(17)14(19)11(18)6-8/h3-7H,2H2,1H3,(H,20,21,22). The molecule has 1 heterocycles. The zero-order chi connectivity index (χ0) is 17.3. The number of nitrogens with one attached hydrogen (secondary N) is 1. The van der Waals surface area contributed by atoms with E-state index in [9.17, 15) is 18.0 Å². The topological polar surface area (TPSA) is 51.2 Å². The van der Waals surface area contributed by atoms with Crippen molar-refractivity contribution in [3.05, 3.63) is 53.3 Å². The van der Waals surface area contributed by atoms with Crippen molar-refractivity contribution >= 4 is 32.6 Å². The molecular formula is C16H11F3N2O2S. The van der Waals surface area contributed by atoms with Crippen molar-refractivity contribution in [3.8, 4) is 5.75 Å². The van der Waals surface area contributed by atoms with Crippen LogP contribution in [-0.2, 0) is 0 Å². The van der Waals surface area contributed by atoms with Crippen molar-refractivity contribution in [1.29, 1.82) is 0 Å². The lowest BCUT2D eigenvalue weighted by Gasteiger charge is -2.03. The number of fused-ring (bicyclic) bond motifs is 1. The second kappa shape index (κ2) is 6.48. The molecule has 0 atom stereocenters. The largest absolute Gasteiger partial charge is 0.494 e. The first-order valence-electron chi connectivity index (χ1n) is 6.97. The number of anilines is 1. The second-order valence-electron chi connectivity index (χ2n) is 4.79. The van der Waals surface area contributed by atoms with Crippen LogP contribution in [0.4, 0.5) is 18.3 Å². The van der Waals surface area contributed by atoms with Crippen LogP contribution >= 0.6 is 11.3 Å². The summed E-state index contributed by atoms with van der Waals surface area (Å²) >= 11 is 1.19. The van der Waals surface area contributed by atoms with Crippen LogP contribution < -0.4 is 10.1 Å². The Hall–Kier alpha value is -2.61. The maximum Gasteiger partial charge on any atom is 0.257 e. The number of rotatable bonds is 4. The minimum absolute atomic E-state index is 0.258. The molecule has 8 heteroatoms. The van der Waals surface area contributed by atoms with E-state index in [0.29, 0.717) is 30.0 Å². The van der Waals surface area contributed by atoms with E-state index in [0.717, 1.165) is 4.70 Å². The number of ether oxygens (including phenoxy) is 1. The highest BCUT2D eigenvalue weighted by atomic mass is 32.1. The van der Waals surface area contributed by atoms with Gasteiger partial charge in [-0.15, -0.1) is 0 Å². The van der Waals surface area contributed by atoms with Gasteiger partial charge in [0.2, 0.25) is 0 Å². The van der Waals surface area contributed by atoms with Crippen molar-refractivity contribution in [1.82, 2.24) is 4.98 Å². The van der Waals surface area contributed by atoms with Crippen LogP contribution in [-0.4, -0.2) is 17.5 Å². The summed E-state index contributed by atoms with van der Waals surface area (Å²) in [5, 5.41) is 2.70. The van der Waals surface area contributed by atoms with Crippen LogP contribution in [0, 0.1) is 17.5 Å². The fourth-order valence-electron chi connectivity index (χ4n) is 2.07. The molecular weight excluding hydrogens is 341 g/mol. The molecule has 0 saturated heterocycles. The van der Waals surface area contributed by atoms with Crippen LogP contribution in [0.25, 0.3) is 10.2 Å². The number of thiazole rings is 1. The molecule has 4 nitrogen and oxygen atoms in total. The summed E-state index contributed by atoms with van der Waals surface area (Å²) in [5.41, 5.74) is 0.316. The number of hydrogen-bond donors (Lipinski definition) is 1. The number of amides is 1. The van der Waals surface area contributed by atoms with Gasteiger partial charge < -0.3 is 4.74 Å². The van der Waals surface area contributed by atoms with Crippen LogP contribution in [0.1, 0.15) is 17.3 Å². The maximum atomic E-state index is 13.2. The number of nitrogens with zero attached hydrogens (tertiary/aromatic N) is 1. The van der Waals surface area contributed by atoms with Gasteiger partial charge in [-0.25, -0.2) is 18.2 Å². The van der Waals surface area contributed by atoms with Crippen LogP contribution in [0.2, 0.25) is 0 Å². The molecule has 2 aromatic carbocycles. The van der Waals surface area contributed by atoms with Gasteiger partial charge in [0.1, 0.15) is 5.75 Å². The lowest BCUT2D eigenvalue weighted by atomic mass is 10.2. The van der Waals surface area contributed by atoms with Gasteiger partial charge in [-0.3, -0.25) is 10.1 Å². The third kappa shape index (κ3) is 3.18. The summed E-state index contributed by atoms with van der Waals surface area (Å²) in [4.78, 5) is 16.3. The SMILES string of the molecule is CCOc1ccc2nc(NC(=O)c3cc(F)c(F)c(F)c3)sc2c1. The summed E-state index contributed by atoms with van der Waals surface area (Å²) in [7, 11) is 0. The predicted molar refractivity (Wildman–Crippen MR) is 85.1 cm³/mol. The molecule has 24 heavy (non-hydrogen) atoms. The highest BCUT2D eigenvalue weighted by Gasteiger charge is 2.16. The van der Waals surface area contributed by atoms with E-state index in [-0.39, 0.29) is 10.7 Å². The highest BCUT2D eigenvalue weighted by Crippen LogP contribution is 2.29. The smallest absolute Gasteiger partial charge is 0.257 e. The van der Waals surface area contributed by atoms with Gasteiger partial charge in [0.15, 0.2) is 22.6 Å². The van der Waals surface area contributed by atoms with E-state index in [4.69, 9.17) is 4.74 Å². The molecule has 0 spiro atoms. The fraction of sp³-hybridized carbons (Fsp3) is 0.125. The average molecular weight is 352 g/mol. The van der Waals surface area contributed by atoms with Gasteiger partial charge in [0.05, 0.1) is 16.8 Å². The molecule has 0 aliphatic carbocycles. The molecule has 0 unspecified atom stereocenters. The van der Waals surface area contributed by atoms with Gasteiger partial charge in [0, 0.05) is 5.56 Å². The van der Waals surface area contributed by atoms with Crippen molar-refractivity contribution in [2.45, 2.75) is 6.92 Å². The number of hydrogen-bond acceptors (Lipinski definition) is 4. The van der Waals surface area contributed by atoms with E-state index in [1.54, 1.807) is 18.2 Å². The molecule has 0 radical (unpaired) electrons. The Morgan fingerprint density at radius 1 is 1.21 bits per heavy atom. The zero-order valence-corrected chi connectivity index (χ0v) is 13.2. The molecule has 0 aliphatic heterocycles. The molecule has 0 bridgehead atoms. The third-order valence-corrected chi connectivity index (χ3v) is 4.07. The first-order valence-corrected chi connectivity index (χ1v) is 7.79. The Morgan fingerprint density at radius 2 is 1.92 bits per heavy atom. The maximum absolute atomic E-state index is 13.2. The Morgan fingerprint density at radius 3 is 2.58 bits per heavy atom. The van der Waals surface area contributed by atoms with Crippen molar-refractivity contribution in [2.75, 3.05) is 11.9 Å². The van der Waals surface area contributed by atoms with Crippen molar-refractivity contribution in [3.63, 3.8) is 0 Å². The quantitative estimate of drug-likeness (QED) is 0.710. The van der Waals surface area contributed by atoms with Crippen LogP contribution in [0.15, 0.2) is 30.3 Å². The fourth-order valence-corrected chi connectivity index (χ4v) is 2.96. The summed E-state index contributed by atoms with van der Waals surface area (Å²) in [6, 6.07) is 6.54. The molecule has 1 amide bonds. The van der Waals surface area contributed by atoms with E-state index < -0.39 is 23.4 Å². The lowest BCUT2D eigenvalue weighted by molar-refractivity contribution is 0.102. The Balaban J connectivity index is 1.85. The second-order valence-corrected chi connectivity index (χ2v) is 5.82. The highest BCUT2D eigenvalue weighted by molar-refractivity contribution is 7.22. The summed E-state index contributed by atoms with van der Waals surface area (Å²) in [5.74, 6) is -4.57. The first-order chi connectivity index (χ1) is 11.5. The molecule has 0 saturated carbocycles. The number of carbonyl (C=O) groups excluding carboxylic acids is 1. The van der Waals surface area contributed by atoms with Gasteiger partial charge >= 0.3 is 0 Å². The molecule has 3 rings (SSSR count). The molecule has 0 fully saturated rings. The minimum atomic E-state index is -1.62. The Kier molecular flexibility index (Phi) is 4.39. The van der Waals surface area contributed by atoms with E-state index >= 15 is 0 Å². The predicted octanol–water partition coefficient (Wildman–Crippen LogP) is 4.36. The minimum Gasteiger partial charge on any atom is -0.494 e. The Bertz CT molecular complexity index is 904. The first kappa shape index (κ1) is 16.3. The third-order valence-electron chi connectivity index (χ3n) is 3.14. The number of aromatic nitrogens is 1. The van der Waals surface area contributed by atoms with Gasteiger partial charge in [-0.1, -0.05) is 11.3 Å². The monoisotopic (exact) mass is 352 g/mol. The molecule has 1 aromatic heterocycles. The number of benzene rings is 2. The van der Waals surface area contributed by atoms with E-state index in [1.807, 2.05) is 6.92 Å². The number of carbonyl (C=O) groups is 1. The Labute approximate surface area is 138 Å². The lowest BCUT2D eigenvalue weighted by Crippen LogP contribution is -2.13. The number of halogens is 3. The summed E-state index contributed by atoms with van der Waals surface area (Å²) in [6.45, 7) is 2.39. The zero-order valence-electron chi connectivity index (χ0n) is 12.4.